The lowest BCUT2D eigenvalue weighted by Gasteiger charge is -2.28. The fourth-order valence-corrected chi connectivity index (χ4v) is 2.74. The van der Waals surface area contributed by atoms with Gasteiger partial charge in [-0.05, 0) is 49.7 Å². The molecule has 0 saturated carbocycles. The number of hydrogen-bond donors (Lipinski definition) is 1. The molecule has 0 aliphatic carbocycles. The number of carbonyl (C=O) groups is 1. The Morgan fingerprint density at radius 2 is 1.95 bits per heavy atom. The molecule has 1 amide bonds. The maximum Gasteiger partial charge on any atom is 0.254 e. The predicted octanol–water partition coefficient (Wildman–Crippen LogP) is 4.38. The lowest BCUT2D eigenvalue weighted by atomic mass is 10.1. The monoisotopic (exact) mass is 347 g/mol. The topological polar surface area (TPSA) is 40.5 Å². The van der Waals surface area contributed by atoms with Crippen molar-refractivity contribution in [3.05, 3.63) is 64.1 Å². The van der Waals surface area contributed by atoms with E-state index in [1.54, 1.807) is 23.1 Å². The van der Waals surface area contributed by atoms with E-state index in [0.29, 0.717) is 12.1 Å². The molecular formula is C17H18BrNO2. The molecule has 0 heterocycles. The SMILES string of the molecule is CCN(C(=O)c1cccc(Br)c1)C(C)c1cccc(O)c1. The zero-order valence-electron chi connectivity index (χ0n) is 12.1. The quantitative estimate of drug-likeness (QED) is 0.891. The first kappa shape index (κ1) is 15.6. The molecule has 1 unspecified atom stereocenters. The maximum atomic E-state index is 12.7. The lowest BCUT2D eigenvalue weighted by Crippen LogP contribution is -2.33. The highest BCUT2D eigenvalue weighted by molar-refractivity contribution is 9.10. The van der Waals surface area contributed by atoms with Crippen LogP contribution in [0.15, 0.2) is 53.0 Å². The number of rotatable bonds is 4. The van der Waals surface area contributed by atoms with Gasteiger partial charge in [0.1, 0.15) is 5.75 Å². The number of benzene rings is 2. The van der Waals surface area contributed by atoms with Gasteiger partial charge in [0.05, 0.1) is 6.04 Å². The van der Waals surface area contributed by atoms with Crippen molar-refractivity contribution in [3.63, 3.8) is 0 Å². The van der Waals surface area contributed by atoms with E-state index in [9.17, 15) is 9.90 Å². The van der Waals surface area contributed by atoms with Gasteiger partial charge >= 0.3 is 0 Å². The lowest BCUT2D eigenvalue weighted by molar-refractivity contribution is 0.0702. The van der Waals surface area contributed by atoms with Gasteiger partial charge < -0.3 is 10.0 Å². The zero-order chi connectivity index (χ0) is 15.4. The second-order valence-electron chi connectivity index (χ2n) is 4.87. The van der Waals surface area contributed by atoms with Crippen LogP contribution < -0.4 is 0 Å². The van der Waals surface area contributed by atoms with Crippen LogP contribution in [-0.2, 0) is 0 Å². The summed E-state index contributed by atoms with van der Waals surface area (Å²) in [4.78, 5) is 14.5. The van der Waals surface area contributed by atoms with Crippen molar-refractivity contribution >= 4 is 21.8 Å². The van der Waals surface area contributed by atoms with Crippen molar-refractivity contribution in [1.29, 1.82) is 0 Å². The van der Waals surface area contributed by atoms with E-state index in [4.69, 9.17) is 0 Å². The minimum atomic E-state index is -0.103. The zero-order valence-corrected chi connectivity index (χ0v) is 13.7. The largest absolute Gasteiger partial charge is 0.508 e. The molecule has 0 spiro atoms. The van der Waals surface area contributed by atoms with Gasteiger partial charge in [0.25, 0.3) is 5.91 Å². The standard InChI is InChI=1S/C17H18BrNO2/c1-3-19(12(2)13-6-5-9-16(20)11-13)17(21)14-7-4-8-15(18)10-14/h4-12,20H,3H2,1-2H3. The Morgan fingerprint density at radius 3 is 2.57 bits per heavy atom. The van der Waals surface area contributed by atoms with E-state index in [1.165, 1.54) is 0 Å². The van der Waals surface area contributed by atoms with Gasteiger partial charge in [-0.2, -0.15) is 0 Å². The summed E-state index contributed by atoms with van der Waals surface area (Å²) >= 11 is 3.39. The van der Waals surface area contributed by atoms with E-state index >= 15 is 0 Å². The average molecular weight is 348 g/mol. The Bertz CT molecular complexity index is 642. The van der Waals surface area contributed by atoms with E-state index < -0.39 is 0 Å². The molecule has 2 aromatic rings. The fourth-order valence-electron chi connectivity index (χ4n) is 2.35. The fraction of sp³-hybridized carbons (Fsp3) is 0.235. The average Bonchev–Trinajstić information content (AvgIpc) is 2.47. The summed E-state index contributed by atoms with van der Waals surface area (Å²) in [5, 5.41) is 9.60. The van der Waals surface area contributed by atoms with Crippen molar-refractivity contribution < 1.29 is 9.90 Å². The van der Waals surface area contributed by atoms with Crippen LogP contribution in [0.4, 0.5) is 0 Å². The normalized spacial score (nSPS) is 12.0. The van der Waals surface area contributed by atoms with Crippen molar-refractivity contribution in [2.75, 3.05) is 6.54 Å². The van der Waals surface area contributed by atoms with Crippen molar-refractivity contribution in [2.24, 2.45) is 0 Å². The first-order chi connectivity index (χ1) is 10.0. The molecule has 0 aliphatic rings. The molecule has 110 valence electrons. The smallest absolute Gasteiger partial charge is 0.254 e. The first-order valence-electron chi connectivity index (χ1n) is 6.88. The molecule has 0 aromatic heterocycles. The number of aromatic hydroxyl groups is 1. The highest BCUT2D eigenvalue weighted by Gasteiger charge is 2.21. The highest BCUT2D eigenvalue weighted by Crippen LogP contribution is 2.25. The minimum Gasteiger partial charge on any atom is -0.508 e. The van der Waals surface area contributed by atoms with Crippen LogP contribution in [-0.4, -0.2) is 22.5 Å². The molecule has 3 nitrogen and oxygen atoms in total. The van der Waals surface area contributed by atoms with Gasteiger partial charge in [-0.15, -0.1) is 0 Å². The van der Waals surface area contributed by atoms with E-state index in [1.807, 2.05) is 44.2 Å². The van der Waals surface area contributed by atoms with E-state index in [-0.39, 0.29) is 17.7 Å². The third-order valence-electron chi connectivity index (χ3n) is 3.49. The molecule has 2 rings (SSSR count). The number of halogens is 1. The second kappa shape index (κ2) is 6.76. The van der Waals surface area contributed by atoms with Crippen molar-refractivity contribution in [3.8, 4) is 5.75 Å². The van der Waals surface area contributed by atoms with Gasteiger partial charge in [0.2, 0.25) is 0 Å². The molecule has 1 N–H and O–H groups in total. The van der Waals surface area contributed by atoms with Gasteiger partial charge in [0.15, 0.2) is 0 Å². The van der Waals surface area contributed by atoms with Crippen LogP contribution in [0.25, 0.3) is 0 Å². The highest BCUT2D eigenvalue weighted by atomic mass is 79.9. The molecule has 1 atom stereocenters. The number of nitrogens with zero attached hydrogens (tertiary/aromatic N) is 1. The summed E-state index contributed by atoms with van der Waals surface area (Å²) in [6.07, 6.45) is 0. The number of carbonyl (C=O) groups excluding carboxylic acids is 1. The third kappa shape index (κ3) is 3.64. The Balaban J connectivity index is 2.28. The third-order valence-corrected chi connectivity index (χ3v) is 3.99. The van der Waals surface area contributed by atoms with Gasteiger partial charge in [-0.3, -0.25) is 4.79 Å². The number of hydrogen-bond acceptors (Lipinski definition) is 2. The number of phenolic OH excluding ortho intramolecular Hbond substituents is 1. The summed E-state index contributed by atoms with van der Waals surface area (Å²) in [5.74, 6) is 0.194. The second-order valence-corrected chi connectivity index (χ2v) is 5.79. The Kier molecular flexibility index (Phi) is 5.02. The van der Waals surface area contributed by atoms with Gasteiger partial charge in [-0.25, -0.2) is 0 Å². The summed E-state index contributed by atoms with van der Waals surface area (Å²) < 4.78 is 0.884. The summed E-state index contributed by atoms with van der Waals surface area (Å²) in [6.45, 7) is 4.52. The van der Waals surface area contributed by atoms with Crippen LogP contribution in [0, 0.1) is 0 Å². The Morgan fingerprint density at radius 1 is 1.24 bits per heavy atom. The molecular weight excluding hydrogens is 330 g/mol. The Labute approximate surface area is 133 Å². The van der Waals surface area contributed by atoms with Crippen LogP contribution in [0.1, 0.15) is 35.8 Å². The van der Waals surface area contributed by atoms with Crippen molar-refractivity contribution in [2.45, 2.75) is 19.9 Å². The summed E-state index contributed by atoms with van der Waals surface area (Å²) in [6, 6.07) is 14.3. The van der Waals surface area contributed by atoms with Gasteiger partial charge in [0, 0.05) is 16.6 Å². The number of amides is 1. The first-order valence-corrected chi connectivity index (χ1v) is 7.67. The molecule has 2 aromatic carbocycles. The van der Waals surface area contributed by atoms with E-state index in [0.717, 1.165) is 10.0 Å². The van der Waals surface area contributed by atoms with Crippen molar-refractivity contribution in [1.82, 2.24) is 4.90 Å². The van der Waals surface area contributed by atoms with Crippen LogP contribution >= 0.6 is 15.9 Å². The molecule has 0 saturated heterocycles. The summed E-state index contributed by atoms with van der Waals surface area (Å²) in [7, 11) is 0. The molecule has 21 heavy (non-hydrogen) atoms. The molecule has 4 heteroatoms. The predicted molar refractivity (Wildman–Crippen MR) is 87.4 cm³/mol. The minimum absolute atomic E-state index is 0.0188. The molecule has 0 radical (unpaired) electrons. The number of phenols is 1. The molecule has 0 fully saturated rings. The van der Waals surface area contributed by atoms with Gasteiger partial charge in [-0.1, -0.05) is 34.1 Å². The maximum absolute atomic E-state index is 12.7. The Hall–Kier alpha value is -1.81. The van der Waals surface area contributed by atoms with Crippen LogP contribution in [0.5, 0.6) is 5.75 Å². The van der Waals surface area contributed by atoms with Crippen LogP contribution in [0.2, 0.25) is 0 Å². The molecule has 0 bridgehead atoms. The summed E-state index contributed by atoms with van der Waals surface area (Å²) in [5.41, 5.74) is 1.57. The van der Waals surface area contributed by atoms with E-state index in [2.05, 4.69) is 15.9 Å². The van der Waals surface area contributed by atoms with Crippen LogP contribution in [0.3, 0.4) is 0 Å². The molecule has 0 aliphatic heterocycles.